The van der Waals surface area contributed by atoms with Crippen LogP contribution in [0.4, 0.5) is 0 Å². The summed E-state index contributed by atoms with van der Waals surface area (Å²) in [5.41, 5.74) is 4.93. The van der Waals surface area contributed by atoms with Crippen molar-refractivity contribution in [2.75, 3.05) is 0 Å². The molecular weight excluding hydrogens is 130 g/mol. The van der Waals surface area contributed by atoms with E-state index in [1.165, 1.54) is 0 Å². The number of rotatable bonds is 1. The summed E-state index contributed by atoms with van der Waals surface area (Å²) in [4.78, 5) is 0. The van der Waals surface area contributed by atoms with Gasteiger partial charge in [-0.1, -0.05) is 0 Å². The minimum Gasteiger partial charge on any atom is -0.376 e. The van der Waals surface area contributed by atoms with Crippen molar-refractivity contribution in [1.82, 2.24) is 4.72 Å². The molecule has 0 rings (SSSR count). The molecule has 0 unspecified atom stereocenters. The van der Waals surface area contributed by atoms with E-state index in [4.69, 9.17) is 11.0 Å². The van der Waals surface area contributed by atoms with E-state index in [1.54, 1.807) is 5.40 Å². The van der Waals surface area contributed by atoms with E-state index in [0.29, 0.717) is 0 Å². The molecule has 0 aromatic carbocycles. The maximum absolute atomic E-state index is 7.85. The van der Waals surface area contributed by atoms with Crippen molar-refractivity contribution in [3.05, 3.63) is 0 Å². The van der Waals surface area contributed by atoms with Crippen molar-refractivity contribution in [3.63, 3.8) is 0 Å². The molecule has 0 radical (unpaired) electrons. The summed E-state index contributed by atoms with van der Waals surface area (Å²) in [5, 5.41) is 9.72. The molecule has 0 aliphatic rings. The third-order valence-electron chi connectivity index (χ3n) is 0.197. The second-order valence-corrected chi connectivity index (χ2v) is 1.69. The molecular formula is C2H3N3S2. The van der Waals surface area contributed by atoms with Crippen LogP contribution in [0.1, 0.15) is 0 Å². The molecule has 0 heterocycles. The zero-order valence-corrected chi connectivity index (χ0v) is 4.97. The predicted octanol–water partition coefficient (Wildman–Crippen LogP) is -0.0511. The van der Waals surface area contributed by atoms with Gasteiger partial charge < -0.3 is 5.73 Å². The molecule has 5 heteroatoms. The number of nitrogens with zero attached hydrogens (tertiary/aromatic N) is 1. The van der Waals surface area contributed by atoms with Gasteiger partial charge in [0.25, 0.3) is 0 Å². The zero-order valence-electron chi connectivity index (χ0n) is 3.34. The molecule has 38 valence electrons. The minimum absolute atomic E-state index is 0.131. The standard InChI is InChI=1S/C2H3N3S2/c3-1-7-5-2(4)6/h(H3,4,5,6). The van der Waals surface area contributed by atoms with Gasteiger partial charge in [-0.15, -0.1) is 0 Å². The van der Waals surface area contributed by atoms with Gasteiger partial charge in [0.15, 0.2) is 10.5 Å². The Morgan fingerprint density at radius 2 is 2.57 bits per heavy atom. The van der Waals surface area contributed by atoms with Crippen molar-refractivity contribution in [2.24, 2.45) is 5.73 Å². The van der Waals surface area contributed by atoms with E-state index < -0.39 is 0 Å². The molecule has 0 aromatic heterocycles. The van der Waals surface area contributed by atoms with Crippen molar-refractivity contribution in [3.8, 4) is 5.40 Å². The Hall–Kier alpha value is -0.470. The Bertz CT molecular complexity index is 104. The van der Waals surface area contributed by atoms with Crippen molar-refractivity contribution >= 4 is 29.3 Å². The number of hydrogen-bond donors (Lipinski definition) is 2. The summed E-state index contributed by atoms with van der Waals surface area (Å²) >= 11 is 5.16. The van der Waals surface area contributed by atoms with E-state index in [1.807, 2.05) is 0 Å². The maximum Gasteiger partial charge on any atom is 0.174 e. The highest BCUT2D eigenvalue weighted by Crippen LogP contribution is 1.82. The Morgan fingerprint density at radius 3 is 2.71 bits per heavy atom. The van der Waals surface area contributed by atoms with Crippen molar-refractivity contribution in [1.29, 1.82) is 5.26 Å². The molecule has 3 N–H and O–H groups in total. The number of thiocarbonyl (C=S) groups is 1. The molecule has 0 aliphatic heterocycles. The summed E-state index contributed by atoms with van der Waals surface area (Å²) in [5.74, 6) is 0. The second-order valence-electron chi connectivity index (χ2n) is 0.660. The first-order valence-corrected chi connectivity index (χ1v) is 2.60. The smallest absolute Gasteiger partial charge is 0.174 e. The molecule has 0 saturated heterocycles. The summed E-state index contributed by atoms with van der Waals surface area (Å²) in [6, 6.07) is 0. The third-order valence-corrected chi connectivity index (χ3v) is 0.842. The van der Waals surface area contributed by atoms with Crippen molar-refractivity contribution < 1.29 is 0 Å². The molecule has 0 fully saturated rings. The van der Waals surface area contributed by atoms with Gasteiger partial charge in [-0.2, -0.15) is 5.26 Å². The molecule has 0 atom stereocenters. The van der Waals surface area contributed by atoms with Crippen LogP contribution in [0.5, 0.6) is 0 Å². The molecule has 0 aromatic rings. The minimum atomic E-state index is 0.131. The quantitative estimate of drug-likeness (QED) is 0.298. The van der Waals surface area contributed by atoms with Gasteiger partial charge in [0.1, 0.15) is 0 Å². The second kappa shape index (κ2) is 3.71. The monoisotopic (exact) mass is 133 g/mol. The summed E-state index contributed by atoms with van der Waals surface area (Å²) in [7, 11) is 0. The highest BCUT2D eigenvalue weighted by atomic mass is 32.2. The van der Waals surface area contributed by atoms with Crippen LogP contribution in [-0.2, 0) is 0 Å². The molecule has 0 saturated carbocycles. The van der Waals surface area contributed by atoms with E-state index in [-0.39, 0.29) is 5.11 Å². The summed E-state index contributed by atoms with van der Waals surface area (Å²) in [6.45, 7) is 0. The lowest BCUT2D eigenvalue weighted by atomic mass is 11.3. The van der Waals surface area contributed by atoms with Crippen LogP contribution >= 0.6 is 24.2 Å². The highest BCUT2D eigenvalue weighted by molar-refractivity contribution is 8.03. The third kappa shape index (κ3) is 5.53. The molecule has 7 heavy (non-hydrogen) atoms. The Balaban J connectivity index is 3.02. The van der Waals surface area contributed by atoms with Gasteiger partial charge >= 0.3 is 0 Å². The highest BCUT2D eigenvalue weighted by Gasteiger charge is 1.80. The van der Waals surface area contributed by atoms with Crippen LogP contribution in [0, 0.1) is 10.7 Å². The largest absolute Gasteiger partial charge is 0.376 e. The number of thiocyanates is 1. The average molecular weight is 133 g/mol. The van der Waals surface area contributed by atoms with Gasteiger partial charge in [0.05, 0.1) is 11.9 Å². The lowest BCUT2D eigenvalue weighted by Crippen LogP contribution is -2.21. The van der Waals surface area contributed by atoms with Gasteiger partial charge in [-0.3, -0.25) is 4.72 Å². The van der Waals surface area contributed by atoms with Crippen LogP contribution in [0.3, 0.4) is 0 Å². The van der Waals surface area contributed by atoms with E-state index in [9.17, 15) is 0 Å². The Kier molecular flexibility index (Phi) is 3.46. The van der Waals surface area contributed by atoms with E-state index in [2.05, 4.69) is 16.9 Å². The fraction of sp³-hybridized carbons (Fsp3) is 0. The predicted molar refractivity (Wildman–Crippen MR) is 33.1 cm³/mol. The normalized spacial score (nSPS) is 6.71. The van der Waals surface area contributed by atoms with Crippen molar-refractivity contribution in [2.45, 2.75) is 0 Å². The fourth-order valence-corrected chi connectivity index (χ4v) is 0.344. The molecule has 0 bridgehead atoms. The molecule has 3 nitrogen and oxygen atoms in total. The van der Waals surface area contributed by atoms with Crippen LogP contribution in [0.15, 0.2) is 0 Å². The van der Waals surface area contributed by atoms with Gasteiger partial charge in [0.2, 0.25) is 0 Å². The number of hydrogen-bond acceptors (Lipinski definition) is 3. The van der Waals surface area contributed by atoms with E-state index in [0.717, 1.165) is 11.9 Å². The molecule has 0 spiro atoms. The van der Waals surface area contributed by atoms with E-state index >= 15 is 0 Å². The number of nitrogens with two attached hydrogens (primary N) is 1. The van der Waals surface area contributed by atoms with Crippen LogP contribution < -0.4 is 10.5 Å². The zero-order chi connectivity index (χ0) is 5.70. The SMILES string of the molecule is N#CSNC(N)=S. The number of nitriles is 1. The molecule has 0 aliphatic carbocycles. The van der Waals surface area contributed by atoms with Crippen LogP contribution in [0.25, 0.3) is 0 Å². The summed E-state index contributed by atoms with van der Waals surface area (Å²) in [6.07, 6.45) is 0. The van der Waals surface area contributed by atoms with Gasteiger partial charge in [0, 0.05) is 0 Å². The first kappa shape index (κ1) is 6.53. The first-order chi connectivity index (χ1) is 3.27. The molecule has 0 amide bonds. The number of nitrogens with one attached hydrogen (secondary N) is 1. The average Bonchev–Trinajstić information content (AvgIpc) is 1.61. The Morgan fingerprint density at radius 1 is 2.00 bits per heavy atom. The van der Waals surface area contributed by atoms with Crippen LogP contribution in [0.2, 0.25) is 0 Å². The lowest BCUT2D eigenvalue weighted by Gasteiger charge is -1.89. The van der Waals surface area contributed by atoms with Gasteiger partial charge in [-0.25, -0.2) is 0 Å². The Labute approximate surface area is 51.0 Å². The topological polar surface area (TPSA) is 61.8 Å². The van der Waals surface area contributed by atoms with Crippen LogP contribution in [-0.4, -0.2) is 5.11 Å². The maximum atomic E-state index is 7.85. The van der Waals surface area contributed by atoms with Gasteiger partial charge in [-0.05, 0) is 12.2 Å². The fourth-order valence-electron chi connectivity index (χ4n) is 0.0731. The first-order valence-electron chi connectivity index (χ1n) is 1.37. The summed E-state index contributed by atoms with van der Waals surface area (Å²) < 4.78 is 2.36. The lowest BCUT2D eigenvalue weighted by molar-refractivity contribution is 1.50.